The van der Waals surface area contributed by atoms with Gasteiger partial charge in [0, 0.05) is 5.56 Å². The van der Waals surface area contributed by atoms with Crippen molar-refractivity contribution in [3.8, 4) is 11.3 Å². The Hall–Kier alpha value is -1.89. The lowest BCUT2D eigenvalue weighted by Gasteiger charge is -2.07. The summed E-state index contributed by atoms with van der Waals surface area (Å²) in [5.41, 5.74) is 0.384. The summed E-state index contributed by atoms with van der Waals surface area (Å²) in [5.74, 6) is 0. The number of aromatic amines is 1. The Morgan fingerprint density at radius 3 is 2.28 bits per heavy atom. The van der Waals surface area contributed by atoms with Gasteiger partial charge in [-0.3, -0.25) is 0 Å². The third-order valence-electron chi connectivity index (χ3n) is 2.46. The van der Waals surface area contributed by atoms with Crippen molar-refractivity contribution in [1.82, 2.24) is 15.4 Å². The van der Waals surface area contributed by atoms with Crippen molar-refractivity contribution in [2.75, 3.05) is 0 Å². The molecule has 4 nitrogen and oxygen atoms in total. The van der Waals surface area contributed by atoms with Gasteiger partial charge in [-0.05, 0) is 19.1 Å². The monoisotopic (exact) mass is 257 g/mol. The standard InChI is InChI=1S/C11H10F3N3O/c1-6(18)9-10(16-17-15-9)7-2-4-8(5-3-7)11(12,13)14/h2-6,18H,1H3,(H,15,16,17). The number of nitrogens with one attached hydrogen (secondary N) is 1. The lowest BCUT2D eigenvalue weighted by atomic mass is 10.1. The Morgan fingerprint density at radius 1 is 1.17 bits per heavy atom. The molecule has 1 aromatic heterocycles. The van der Waals surface area contributed by atoms with E-state index >= 15 is 0 Å². The maximum absolute atomic E-state index is 12.4. The van der Waals surface area contributed by atoms with Crippen LogP contribution in [0.4, 0.5) is 13.2 Å². The summed E-state index contributed by atoms with van der Waals surface area (Å²) in [6, 6.07) is 4.53. The molecule has 1 aromatic carbocycles. The van der Waals surface area contributed by atoms with Gasteiger partial charge in [-0.2, -0.15) is 28.6 Å². The molecule has 0 saturated carbocycles. The van der Waals surface area contributed by atoms with Crippen LogP contribution < -0.4 is 0 Å². The molecule has 0 amide bonds. The van der Waals surface area contributed by atoms with Crippen LogP contribution in [0.3, 0.4) is 0 Å². The van der Waals surface area contributed by atoms with Gasteiger partial charge in [0.2, 0.25) is 0 Å². The summed E-state index contributed by atoms with van der Waals surface area (Å²) in [4.78, 5) is 0. The van der Waals surface area contributed by atoms with Gasteiger partial charge in [-0.25, -0.2) is 0 Å². The molecule has 2 aromatic rings. The first-order valence-corrected chi connectivity index (χ1v) is 5.16. The summed E-state index contributed by atoms with van der Waals surface area (Å²) < 4.78 is 37.2. The fraction of sp³-hybridized carbons (Fsp3) is 0.273. The number of H-pyrrole nitrogens is 1. The molecule has 96 valence electrons. The summed E-state index contributed by atoms with van der Waals surface area (Å²) in [5, 5.41) is 19.4. The molecule has 1 atom stereocenters. The number of aliphatic hydroxyl groups is 1. The van der Waals surface area contributed by atoms with Crippen molar-refractivity contribution < 1.29 is 18.3 Å². The van der Waals surface area contributed by atoms with Crippen molar-refractivity contribution in [3.63, 3.8) is 0 Å². The smallest absolute Gasteiger partial charge is 0.387 e. The van der Waals surface area contributed by atoms with Crippen LogP contribution >= 0.6 is 0 Å². The minimum atomic E-state index is -4.37. The largest absolute Gasteiger partial charge is 0.416 e. The first-order valence-electron chi connectivity index (χ1n) is 5.16. The first kappa shape index (κ1) is 12.6. The number of nitrogens with zero attached hydrogens (tertiary/aromatic N) is 2. The molecule has 0 radical (unpaired) electrons. The van der Waals surface area contributed by atoms with Crippen molar-refractivity contribution >= 4 is 0 Å². The van der Waals surface area contributed by atoms with Crippen LogP contribution in [0.2, 0.25) is 0 Å². The lowest BCUT2D eigenvalue weighted by molar-refractivity contribution is -0.137. The zero-order chi connectivity index (χ0) is 13.3. The van der Waals surface area contributed by atoms with E-state index in [0.717, 1.165) is 12.1 Å². The van der Waals surface area contributed by atoms with E-state index in [1.807, 2.05) is 0 Å². The van der Waals surface area contributed by atoms with E-state index in [-0.39, 0.29) is 0 Å². The van der Waals surface area contributed by atoms with E-state index in [9.17, 15) is 18.3 Å². The zero-order valence-electron chi connectivity index (χ0n) is 9.36. The Bertz CT molecular complexity index is 531. The quantitative estimate of drug-likeness (QED) is 0.869. The predicted octanol–water partition coefficient (Wildman–Crippen LogP) is 2.54. The van der Waals surface area contributed by atoms with E-state index in [0.29, 0.717) is 17.0 Å². The van der Waals surface area contributed by atoms with Crippen molar-refractivity contribution in [1.29, 1.82) is 0 Å². The summed E-state index contributed by atoms with van der Waals surface area (Å²) >= 11 is 0. The van der Waals surface area contributed by atoms with Crippen molar-refractivity contribution in [2.45, 2.75) is 19.2 Å². The summed E-state index contributed by atoms with van der Waals surface area (Å²) in [7, 11) is 0. The van der Waals surface area contributed by atoms with Gasteiger partial charge in [-0.15, -0.1) is 0 Å². The molecule has 2 rings (SSSR count). The second kappa shape index (κ2) is 4.41. The first-order chi connectivity index (χ1) is 8.39. The van der Waals surface area contributed by atoms with Crippen LogP contribution in [0.1, 0.15) is 24.3 Å². The molecule has 0 aliphatic carbocycles. The van der Waals surface area contributed by atoms with Gasteiger partial charge in [0.05, 0.1) is 11.7 Å². The Kier molecular flexibility index (Phi) is 3.08. The molecule has 0 aliphatic heterocycles. The number of aromatic nitrogens is 3. The summed E-state index contributed by atoms with van der Waals surface area (Å²) in [6.07, 6.45) is -5.21. The molecule has 1 heterocycles. The molecule has 0 fully saturated rings. The molecule has 2 N–H and O–H groups in total. The average molecular weight is 257 g/mol. The number of hydrogen-bond donors (Lipinski definition) is 2. The predicted molar refractivity (Wildman–Crippen MR) is 57.5 cm³/mol. The minimum Gasteiger partial charge on any atom is -0.387 e. The van der Waals surface area contributed by atoms with E-state index in [4.69, 9.17) is 0 Å². The topological polar surface area (TPSA) is 61.8 Å². The molecular weight excluding hydrogens is 247 g/mol. The second-order valence-electron chi connectivity index (χ2n) is 3.81. The van der Waals surface area contributed by atoms with Gasteiger partial charge in [0.1, 0.15) is 11.4 Å². The van der Waals surface area contributed by atoms with Crippen LogP contribution in [0.15, 0.2) is 24.3 Å². The Balaban J connectivity index is 2.38. The highest BCUT2D eigenvalue weighted by Crippen LogP contribution is 2.31. The zero-order valence-corrected chi connectivity index (χ0v) is 9.36. The Morgan fingerprint density at radius 2 is 1.78 bits per heavy atom. The molecule has 0 aliphatic rings. The third kappa shape index (κ3) is 2.35. The molecule has 1 unspecified atom stereocenters. The maximum atomic E-state index is 12.4. The SMILES string of the molecule is CC(O)c1n[nH]nc1-c1ccc(C(F)(F)F)cc1. The number of hydrogen-bond acceptors (Lipinski definition) is 3. The summed E-state index contributed by atoms with van der Waals surface area (Å²) in [6.45, 7) is 1.51. The van der Waals surface area contributed by atoms with Gasteiger partial charge in [-0.1, -0.05) is 12.1 Å². The van der Waals surface area contributed by atoms with E-state index in [2.05, 4.69) is 15.4 Å². The molecular formula is C11H10F3N3O. The lowest BCUT2D eigenvalue weighted by Crippen LogP contribution is -2.04. The highest BCUT2D eigenvalue weighted by atomic mass is 19.4. The molecule has 18 heavy (non-hydrogen) atoms. The third-order valence-corrected chi connectivity index (χ3v) is 2.46. The molecule has 7 heteroatoms. The number of benzene rings is 1. The maximum Gasteiger partial charge on any atom is 0.416 e. The van der Waals surface area contributed by atoms with Crippen molar-refractivity contribution in [2.24, 2.45) is 0 Å². The molecule has 0 bridgehead atoms. The van der Waals surface area contributed by atoms with Gasteiger partial charge >= 0.3 is 6.18 Å². The van der Waals surface area contributed by atoms with Crippen molar-refractivity contribution in [3.05, 3.63) is 35.5 Å². The van der Waals surface area contributed by atoms with Gasteiger partial charge < -0.3 is 5.11 Å². The molecule has 0 saturated heterocycles. The number of halogens is 3. The normalized spacial score (nSPS) is 13.6. The highest BCUT2D eigenvalue weighted by molar-refractivity contribution is 5.61. The van der Waals surface area contributed by atoms with Crippen LogP contribution in [0.25, 0.3) is 11.3 Å². The fourth-order valence-corrected chi connectivity index (χ4v) is 1.56. The number of rotatable bonds is 2. The second-order valence-corrected chi connectivity index (χ2v) is 3.81. The Labute approximate surface area is 100 Å². The van der Waals surface area contributed by atoms with Gasteiger partial charge in [0.15, 0.2) is 0 Å². The van der Waals surface area contributed by atoms with Crippen LogP contribution in [0.5, 0.6) is 0 Å². The fourth-order valence-electron chi connectivity index (χ4n) is 1.56. The van der Waals surface area contributed by atoms with E-state index in [1.54, 1.807) is 0 Å². The molecule has 0 spiro atoms. The van der Waals surface area contributed by atoms with Crippen LogP contribution in [-0.4, -0.2) is 20.5 Å². The highest BCUT2D eigenvalue weighted by Gasteiger charge is 2.30. The van der Waals surface area contributed by atoms with Crippen LogP contribution in [-0.2, 0) is 6.18 Å². The van der Waals surface area contributed by atoms with Gasteiger partial charge in [0.25, 0.3) is 0 Å². The minimum absolute atomic E-state index is 0.301. The number of aliphatic hydroxyl groups excluding tert-OH is 1. The van der Waals surface area contributed by atoms with E-state index < -0.39 is 17.8 Å². The van der Waals surface area contributed by atoms with Crippen LogP contribution in [0, 0.1) is 0 Å². The number of alkyl halides is 3. The van der Waals surface area contributed by atoms with E-state index in [1.165, 1.54) is 19.1 Å². The average Bonchev–Trinajstić information content (AvgIpc) is 2.77.